The Labute approximate surface area is 249 Å². The molecule has 5 atom stereocenters. The Morgan fingerprint density at radius 2 is 2.15 bits per heavy atom. The number of nitrogens with one attached hydrogen (secondary N) is 1. The van der Waals surface area contributed by atoms with Crippen LogP contribution in [-0.4, -0.2) is 44.3 Å². The lowest BCUT2D eigenvalue weighted by Gasteiger charge is -2.37. The fraction of sp³-hybridized carbons (Fsp3) is 0.500. The normalized spacial score (nSPS) is 25.6. The lowest BCUT2D eigenvalue weighted by Crippen LogP contribution is -2.41. The number of methoxy groups -OCH3 is 1. The average molecular weight is 598 g/mol. The second-order valence-electron chi connectivity index (χ2n) is 11.7. The van der Waals surface area contributed by atoms with Crippen LogP contribution in [0.5, 0.6) is 5.75 Å². The lowest BCUT2D eigenvalue weighted by atomic mass is 9.70. The predicted octanol–water partition coefficient (Wildman–Crippen LogP) is 6.53. The van der Waals surface area contributed by atoms with Crippen molar-refractivity contribution in [2.24, 2.45) is 22.1 Å². The van der Waals surface area contributed by atoms with Crippen molar-refractivity contribution in [3.05, 3.63) is 70.3 Å². The summed E-state index contributed by atoms with van der Waals surface area (Å²) in [5.74, 6) is 0.838. The first kappa shape index (κ1) is 29.8. The van der Waals surface area contributed by atoms with Crippen LogP contribution in [0.15, 0.2) is 52.9 Å². The Morgan fingerprint density at radius 1 is 1.29 bits per heavy atom. The van der Waals surface area contributed by atoms with E-state index >= 15 is 0 Å². The minimum atomic E-state index is -1.64. The molecule has 0 radical (unpaired) electrons. The number of anilines is 1. The third-order valence-corrected chi connectivity index (χ3v) is 10.3. The van der Waals surface area contributed by atoms with Gasteiger partial charge in [0, 0.05) is 35.6 Å². The van der Waals surface area contributed by atoms with Crippen molar-refractivity contribution in [2.45, 2.75) is 57.0 Å². The summed E-state index contributed by atoms with van der Waals surface area (Å²) in [6, 6.07) is 11.3. The highest BCUT2D eigenvalue weighted by Crippen LogP contribution is 2.42. The van der Waals surface area contributed by atoms with Gasteiger partial charge in [0.2, 0.25) is 0 Å². The molecule has 220 valence electrons. The number of fused-ring (bicyclic) bond motifs is 3. The SMILES string of the molecule is CO[C@@H](/C=C/C[C@H](C)C[S-](=O)=NC(=O)c1ccc2c(c1)NC[C@@]1(CCCc3cc(Cl)ccc31)CO2)[C@@H]1CC[C@H]1C=O. The first-order valence-corrected chi connectivity index (χ1v) is 16.1. The molecule has 1 fully saturated rings. The Bertz CT molecular complexity index is 1400. The van der Waals surface area contributed by atoms with E-state index in [0.29, 0.717) is 30.9 Å². The number of amides is 1. The minimum Gasteiger partial charge on any atom is -0.490 e. The van der Waals surface area contributed by atoms with Crippen LogP contribution < -0.4 is 10.1 Å². The summed E-state index contributed by atoms with van der Waals surface area (Å²) in [6.45, 7) is 3.21. The smallest absolute Gasteiger partial charge is 0.254 e. The molecule has 41 heavy (non-hydrogen) atoms. The molecule has 0 aromatic heterocycles. The van der Waals surface area contributed by atoms with Crippen LogP contribution in [0.2, 0.25) is 5.02 Å². The molecule has 1 aliphatic heterocycles. The van der Waals surface area contributed by atoms with Crippen LogP contribution in [0.3, 0.4) is 0 Å². The van der Waals surface area contributed by atoms with Gasteiger partial charge in [0.25, 0.3) is 5.91 Å². The summed E-state index contributed by atoms with van der Waals surface area (Å²) in [6.07, 6.45) is 10.6. The van der Waals surface area contributed by atoms with E-state index in [9.17, 15) is 13.8 Å². The molecule has 7 nitrogen and oxygen atoms in total. The molecule has 1 heterocycles. The van der Waals surface area contributed by atoms with E-state index in [1.807, 2.05) is 25.1 Å². The van der Waals surface area contributed by atoms with E-state index in [-0.39, 0.29) is 35.0 Å². The van der Waals surface area contributed by atoms with Crippen molar-refractivity contribution >= 4 is 40.1 Å². The van der Waals surface area contributed by atoms with Gasteiger partial charge in [-0.2, -0.15) is 10.6 Å². The summed E-state index contributed by atoms with van der Waals surface area (Å²) in [7, 11) is 0.0160. The van der Waals surface area contributed by atoms with Crippen molar-refractivity contribution < 1.29 is 23.3 Å². The van der Waals surface area contributed by atoms with E-state index in [2.05, 4.69) is 21.8 Å². The van der Waals surface area contributed by atoms with Crippen molar-refractivity contribution in [1.82, 2.24) is 0 Å². The van der Waals surface area contributed by atoms with E-state index in [1.165, 1.54) is 11.1 Å². The molecule has 3 aliphatic rings. The molecular weight excluding hydrogens is 560 g/mol. The molecule has 0 unspecified atom stereocenters. The van der Waals surface area contributed by atoms with Crippen LogP contribution in [0.25, 0.3) is 0 Å². The van der Waals surface area contributed by atoms with Crippen LogP contribution in [0, 0.1) is 17.8 Å². The van der Waals surface area contributed by atoms with E-state index in [1.54, 1.807) is 25.3 Å². The van der Waals surface area contributed by atoms with Gasteiger partial charge < -0.3 is 28.2 Å². The number of aldehydes is 1. The van der Waals surface area contributed by atoms with E-state index < -0.39 is 16.5 Å². The Morgan fingerprint density at radius 3 is 2.90 bits per heavy atom. The maximum Gasteiger partial charge on any atom is 0.254 e. The number of carbonyl (C=O) groups is 2. The monoisotopic (exact) mass is 597 g/mol. The quantitative estimate of drug-likeness (QED) is 0.201. The Balaban J connectivity index is 1.19. The molecule has 2 aliphatic carbocycles. The largest absolute Gasteiger partial charge is 0.490 e. The van der Waals surface area contributed by atoms with Gasteiger partial charge in [-0.05, 0) is 85.9 Å². The minimum absolute atomic E-state index is 0.0657. The molecule has 2 aromatic carbocycles. The maximum atomic E-state index is 12.9. The molecular formula is C32H38ClN2O5S-. The Hall–Kier alpha value is -2.68. The fourth-order valence-corrected chi connectivity index (χ4v) is 7.48. The zero-order valence-electron chi connectivity index (χ0n) is 23.6. The highest BCUT2D eigenvalue weighted by Gasteiger charge is 2.39. The first-order valence-electron chi connectivity index (χ1n) is 14.4. The number of benzene rings is 2. The highest BCUT2D eigenvalue weighted by molar-refractivity contribution is 7.75. The molecule has 1 N–H and O–H groups in total. The van der Waals surface area contributed by atoms with Crippen molar-refractivity contribution in [3.63, 3.8) is 0 Å². The summed E-state index contributed by atoms with van der Waals surface area (Å²) in [5.41, 5.74) is 3.48. The third kappa shape index (κ3) is 6.71. The molecule has 1 saturated carbocycles. The van der Waals surface area contributed by atoms with Gasteiger partial charge in [0.15, 0.2) is 0 Å². The number of hydrogen-bond acceptors (Lipinski definition) is 7. The molecule has 9 heteroatoms. The second-order valence-corrected chi connectivity index (χ2v) is 13.3. The standard InChI is InChI=1S/C32H38ClN2O5S/c1-21(5-3-7-29(39-2)26-11-8-24(26)17-36)18-41(38)35-31(37)23-9-13-30-28(16-23)34-19-32(20-40-30)14-4-6-22-15-25(33)10-12-27(22)32/h3,7,9-10,12-13,15-17,21,24,26,29,34H,4-6,8,11,14,18-20H2,1-2H3/q-1/b7-3+/t21-,24-,26+,29-,32-/m0/s1. The number of halogens is 1. The van der Waals surface area contributed by atoms with Gasteiger partial charge in [-0.15, -0.1) is 0 Å². The molecule has 0 saturated heterocycles. The molecule has 0 bridgehead atoms. The van der Waals surface area contributed by atoms with Crippen molar-refractivity contribution in [3.8, 4) is 5.75 Å². The third-order valence-electron chi connectivity index (χ3n) is 8.82. The number of carbonyl (C=O) groups excluding carboxylic acids is 2. The number of nitrogens with zero attached hydrogens (tertiary/aromatic N) is 1. The molecule has 2 aromatic rings. The molecule has 1 amide bonds. The lowest BCUT2D eigenvalue weighted by molar-refractivity contribution is -0.118. The number of allylic oxidation sites excluding steroid dienone is 1. The van der Waals surface area contributed by atoms with E-state index in [4.69, 9.17) is 21.1 Å². The molecule has 5 rings (SSSR count). The molecule has 1 spiro atoms. The zero-order chi connectivity index (χ0) is 29.0. The summed E-state index contributed by atoms with van der Waals surface area (Å²) in [5, 5.41) is 4.27. The van der Waals surface area contributed by atoms with Crippen molar-refractivity contribution in [1.29, 1.82) is 0 Å². The van der Waals surface area contributed by atoms with E-state index in [0.717, 1.165) is 49.1 Å². The maximum absolute atomic E-state index is 12.9. The van der Waals surface area contributed by atoms with Gasteiger partial charge in [0.05, 0.1) is 18.4 Å². The Kier molecular flexibility index (Phi) is 9.52. The highest BCUT2D eigenvalue weighted by atomic mass is 35.5. The van der Waals surface area contributed by atoms with Gasteiger partial charge in [-0.3, -0.25) is 4.79 Å². The predicted molar refractivity (Wildman–Crippen MR) is 162 cm³/mol. The fourth-order valence-electron chi connectivity index (χ4n) is 6.29. The van der Waals surface area contributed by atoms with Crippen molar-refractivity contribution in [2.75, 3.05) is 31.3 Å². The number of hydrogen-bond donors (Lipinski definition) is 1. The zero-order valence-corrected chi connectivity index (χ0v) is 25.2. The topological polar surface area (TPSA) is 94.1 Å². The van der Waals surface area contributed by atoms with Gasteiger partial charge in [-0.25, -0.2) is 0 Å². The second kappa shape index (κ2) is 13.1. The first-order chi connectivity index (χ1) is 19.8. The number of rotatable bonds is 9. The van der Waals surface area contributed by atoms with Crippen LogP contribution in [-0.2, 0) is 36.2 Å². The summed E-state index contributed by atoms with van der Waals surface area (Å²) in [4.78, 5) is 24.1. The number of ether oxygens (including phenoxy) is 2. The van der Waals surface area contributed by atoms with Crippen LogP contribution in [0.1, 0.15) is 60.5 Å². The number of aryl methyl sites for hydroxylation is 1. The summed E-state index contributed by atoms with van der Waals surface area (Å²) < 4.78 is 28.5. The van der Waals surface area contributed by atoms with Gasteiger partial charge >= 0.3 is 0 Å². The van der Waals surface area contributed by atoms with Crippen LogP contribution in [0.4, 0.5) is 5.69 Å². The summed E-state index contributed by atoms with van der Waals surface area (Å²) >= 11 is 6.26. The van der Waals surface area contributed by atoms with Crippen LogP contribution >= 0.6 is 11.6 Å². The van der Waals surface area contributed by atoms with Gasteiger partial charge in [0.1, 0.15) is 12.0 Å². The average Bonchev–Trinajstić information content (AvgIpc) is 3.11. The van der Waals surface area contributed by atoms with Gasteiger partial charge in [-0.1, -0.05) is 48.4 Å².